The van der Waals surface area contributed by atoms with E-state index in [2.05, 4.69) is 20.5 Å². The SMILES string of the molecule is NC(=O)CN1CCC(ONc2ncnc(N(Cc3ccc(-n4cccn4)cc3F)C3CC3)c2F)C(O)C1. The van der Waals surface area contributed by atoms with E-state index in [4.69, 9.17) is 10.6 Å². The number of primary amides is 1. The van der Waals surface area contributed by atoms with Crippen LogP contribution in [0.3, 0.4) is 0 Å². The summed E-state index contributed by atoms with van der Waals surface area (Å²) in [5, 5.41) is 14.5. The Balaban J connectivity index is 1.27. The summed E-state index contributed by atoms with van der Waals surface area (Å²) in [4.78, 5) is 28.2. The molecule has 1 saturated heterocycles. The Morgan fingerprint density at radius 3 is 2.78 bits per heavy atom. The van der Waals surface area contributed by atoms with Crippen LogP contribution in [-0.2, 0) is 16.2 Å². The molecule has 2 fully saturated rings. The molecule has 3 aromatic rings. The van der Waals surface area contributed by atoms with Gasteiger partial charge in [0.2, 0.25) is 11.7 Å². The largest absolute Gasteiger partial charge is 0.389 e. The minimum atomic E-state index is -0.902. The summed E-state index contributed by atoms with van der Waals surface area (Å²) >= 11 is 0. The van der Waals surface area contributed by atoms with Crippen LogP contribution in [0.5, 0.6) is 0 Å². The van der Waals surface area contributed by atoms with Gasteiger partial charge >= 0.3 is 0 Å². The molecule has 3 heterocycles. The minimum absolute atomic E-state index is 0.0276. The van der Waals surface area contributed by atoms with Gasteiger partial charge < -0.3 is 15.7 Å². The first-order chi connectivity index (χ1) is 17.9. The number of rotatable bonds is 10. The van der Waals surface area contributed by atoms with Crippen LogP contribution in [0.25, 0.3) is 5.69 Å². The first kappa shape index (κ1) is 25.0. The van der Waals surface area contributed by atoms with Crippen LogP contribution < -0.4 is 16.1 Å². The second-order valence-electron chi connectivity index (χ2n) is 9.26. The van der Waals surface area contributed by atoms with E-state index in [1.54, 1.807) is 45.1 Å². The molecule has 0 bridgehead atoms. The van der Waals surface area contributed by atoms with E-state index in [0.717, 1.165) is 12.8 Å². The number of β-amino-alcohol motifs (C(OH)–C–C–N with tert-alkyl or cyclic N) is 1. The van der Waals surface area contributed by atoms with Gasteiger partial charge in [-0.2, -0.15) is 9.49 Å². The molecule has 37 heavy (non-hydrogen) atoms. The van der Waals surface area contributed by atoms with Gasteiger partial charge in [-0.25, -0.2) is 24.5 Å². The van der Waals surface area contributed by atoms with Crippen LogP contribution >= 0.6 is 0 Å². The van der Waals surface area contributed by atoms with Crippen LogP contribution in [0, 0.1) is 11.6 Å². The lowest BCUT2D eigenvalue weighted by molar-refractivity contribution is -0.121. The Bertz CT molecular complexity index is 1240. The van der Waals surface area contributed by atoms with E-state index in [1.807, 2.05) is 0 Å². The van der Waals surface area contributed by atoms with Crippen LogP contribution in [0.15, 0.2) is 43.0 Å². The monoisotopic (exact) mass is 514 g/mol. The number of hydrogen-bond donors (Lipinski definition) is 3. The topological polar surface area (TPSA) is 135 Å². The van der Waals surface area contributed by atoms with Crippen LogP contribution in [-0.4, -0.2) is 73.5 Å². The van der Waals surface area contributed by atoms with Crippen LogP contribution in [0.2, 0.25) is 0 Å². The normalized spacial score (nSPS) is 20.1. The van der Waals surface area contributed by atoms with Gasteiger partial charge in [0.25, 0.3) is 0 Å². The third kappa shape index (κ3) is 5.84. The van der Waals surface area contributed by atoms with Gasteiger partial charge in [-0.05, 0) is 37.5 Å². The average Bonchev–Trinajstić information content (AvgIpc) is 3.56. The molecule has 2 unspecified atom stereocenters. The molecule has 1 amide bonds. The predicted octanol–water partition coefficient (Wildman–Crippen LogP) is 1.37. The number of aliphatic hydroxyl groups is 1. The number of benzene rings is 1. The summed E-state index contributed by atoms with van der Waals surface area (Å²) < 4.78 is 32.0. The van der Waals surface area contributed by atoms with Gasteiger partial charge in [0, 0.05) is 43.6 Å². The number of halogens is 2. The molecule has 1 aromatic carbocycles. The first-order valence-electron chi connectivity index (χ1n) is 12.0. The molecule has 2 atom stereocenters. The molecule has 196 valence electrons. The Morgan fingerprint density at radius 1 is 1.27 bits per heavy atom. The van der Waals surface area contributed by atoms with Crippen LogP contribution in [0.1, 0.15) is 24.8 Å². The van der Waals surface area contributed by atoms with Crippen molar-refractivity contribution in [2.24, 2.45) is 5.73 Å². The predicted molar refractivity (Wildman–Crippen MR) is 129 cm³/mol. The summed E-state index contributed by atoms with van der Waals surface area (Å²) in [6.07, 6.45) is 5.09. The molecule has 5 rings (SSSR count). The van der Waals surface area contributed by atoms with Crippen molar-refractivity contribution in [1.82, 2.24) is 24.6 Å². The molecule has 2 aromatic heterocycles. The summed E-state index contributed by atoms with van der Waals surface area (Å²) in [5.74, 6) is -1.78. The molecule has 4 N–H and O–H groups in total. The molecule has 1 aliphatic heterocycles. The number of likely N-dealkylation sites (tertiary alicyclic amines) is 1. The van der Waals surface area contributed by atoms with E-state index < -0.39 is 29.7 Å². The van der Waals surface area contributed by atoms with Crippen molar-refractivity contribution < 1.29 is 23.5 Å². The van der Waals surface area contributed by atoms with Gasteiger partial charge in [0.1, 0.15) is 18.2 Å². The summed E-state index contributed by atoms with van der Waals surface area (Å²) in [6, 6.07) is 6.59. The minimum Gasteiger partial charge on any atom is -0.389 e. The summed E-state index contributed by atoms with van der Waals surface area (Å²) in [7, 11) is 0. The zero-order valence-corrected chi connectivity index (χ0v) is 20.0. The highest BCUT2D eigenvalue weighted by molar-refractivity contribution is 5.75. The highest BCUT2D eigenvalue weighted by atomic mass is 19.1. The number of nitrogens with zero attached hydrogens (tertiary/aromatic N) is 6. The number of anilines is 2. The standard InChI is InChI=1S/C24H28F2N8O3/c25-18-10-17(34-8-1-7-30-34)3-2-15(18)11-33(16-4-5-16)24-22(26)23(28-14-29-24)31-37-20-6-9-32(12-19(20)35)13-21(27)36/h1-3,7-8,10,14,16,19-20,35H,4-6,9,11-13H2,(H2,27,36)(H,28,29,31). The van der Waals surface area contributed by atoms with Crippen molar-refractivity contribution >= 4 is 17.5 Å². The fraction of sp³-hybridized carbons (Fsp3) is 0.417. The number of amides is 1. The summed E-state index contributed by atoms with van der Waals surface area (Å²) in [6.45, 7) is 0.864. The molecule has 0 radical (unpaired) electrons. The quantitative estimate of drug-likeness (QED) is 0.343. The lowest BCUT2D eigenvalue weighted by Gasteiger charge is -2.34. The lowest BCUT2D eigenvalue weighted by Crippen LogP contribution is -2.50. The third-order valence-corrected chi connectivity index (χ3v) is 6.47. The van der Waals surface area contributed by atoms with Crippen molar-refractivity contribution in [3.05, 3.63) is 60.2 Å². The molecule has 13 heteroatoms. The smallest absolute Gasteiger partial charge is 0.231 e. The van der Waals surface area contributed by atoms with Crippen molar-refractivity contribution in [3.63, 3.8) is 0 Å². The van der Waals surface area contributed by atoms with E-state index in [-0.39, 0.29) is 37.3 Å². The maximum absolute atomic E-state index is 15.5. The second-order valence-corrected chi connectivity index (χ2v) is 9.26. The Morgan fingerprint density at radius 2 is 2.11 bits per heavy atom. The van der Waals surface area contributed by atoms with Crippen molar-refractivity contribution in [3.8, 4) is 5.69 Å². The molecular weight excluding hydrogens is 486 g/mol. The zero-order chi connectivity index (χ0) is 25.9. The third-order valence-electron chi connectivity index (χ3n) is 6.47. The molecule has 1 aliphatic carbocycles. The Labute approximate surface area is 211 Å². The number of aromatic nitrogens is 4. The molecule has 0 spiro atoms. The van der Waals surface area contributed by atoms with Gasteiger partial charge in [-0.1, -0.05) is 6.07 Å². The average molecular weight is 515 g/mol. The molecule has 1 saturated carbocycles. The highest BCUT2D eigenvalue weighted by Gasteiger charge is 2.34. The second kappa shape index (κ2) is 10.7. The maximum atomic E-state index is 15.5. The lowest BCUT2D eigenvalue weighted by atomic mass is 10.1. The van der Waals surface area contributed by atoms with Crippen molar-refractivity contribution in [1.29, 1.82) is 0 Å². The highest BCUT2D eigenvalue weighted by Crippen LogP contribution is 2.35. The summed E-state index contributed by atoms with van der Waals surface area (Å²) in [5.41, 5.74) is 8.71. The number of hydrogen-bond acceptors (Lipinski definition) is 9. The fourth-order valence-electron chi connectivity index (χ4n) is 4.42. The number of nitrogens with one attached hydrogen (secondary N) is 1. The van der Waals surface area contributed by atoms with E-state index in [9.17, 15) is 14.3 Å². The number of carbonyl (C=O) groups is 1. The molecular formula is C24H28F2N8O3. The van der Waals surface area contributed by atoms with E-state index >= 15 is 4.39 Å². The van der Waals surface area contributed by atoms with Crippen molar-refractivity contribution in [2.45, 2.75) is 44.1 Å². The molecule has 2 aliphatic rings. The maximum Gasteiger partial charge on any atom is 0.231 e. The Hall–Kier alpha value is -3.68. The number of aliphatic hydroxyl groups excluding tert-OH is 1. The number of nitrogens with two attached hydrogens (primary N) is 1. The fourth-order valence-corrected chi connectivity index (χ4v) is 4.42. The van der Waals surface area contributed by atoms with Gasteiger partial charge in [-0.15, -0.1) is 0 Å². The zero-order valence-electron chi connectivity index (χ0n) is 20.0. The Kier molecular flexibility index (Phi) is 7.26. The van der Waals surface area contributed by atoms with Gasteiger partial charge in [0.05, 0.1) is 18.3 Å². The van der Waals surface area contributed by atoms with Gasteiger partial charge in [0.15, 0.2) is 11.6 Å². The molecule has 11 nitrogen and oxygen atoms in total. The van der Waals surface area contributed by atoms with E-state index in [1.165, 1.54) is 12.4 Å². The van der Waals surface area contributed by atoms with Crippen molar-refractivity contribution in [2.75, 3.05) is 30.0 Å². The first-order valence-corrected chi connectivity index (χ1v) is 12.0. The van der Waals surface area contributed by atoms with Gasteiger partial charge in [-0.3, -0.25) is 14.5 Å². The van der Waals surface area contributed by atoms with Crippen LogP contribution in [0.4, 0.5) is 20.4 Å². The number of carbonyl (C=O) groups excluding carboxylic acids is 1. The van der Waals surface area contributed by atoms with E-state index in [0.29, 0.717) is 24.2 Å². The number of piperidine rings is 1.